The van der Waals surface area contributed by atoms with Gasteiger partial charge in [-0.15, -0.1) is 0 Å². The summed E-state index contributed by atoms with van der Waals surface area (Å²) in [5, 5.41) is 8.59. The average Bonchev–Trinajstić information content (AvgIpc) is 2.79. The normalized spacial score (nSPS) is 11.2. The highest BCUT2D eigenvalue weighted by atomic mass is 16.7. The number of hydrogen-bond donors (Lipinski definition) is 1. The van der Waals surface area contributed by atoms with Crippen molar-refractivity contribution in [2.75, 3.05) is 33.0 Å². The van der Waals surface area contributed by atoms with Crippen molar-refractivity contribution in [3.8, 4) is 0 Å². The molecule has 0 aliphatic rings. The summed E-state index contributed by atoms with van der Waals surface area (Å²) in [6, 6.07) is 0. The Bertz CT molecular complexity index is 428. The number of ether oxygens (including phenoxy) is 4. The van der Waals surface area contributed by atoms with Crippen LogP contribution in [0.5, 0.6) is 0 Å². The lowest BCUT2D eigenvalue weighted by atomic mass is 10.1. The smallest absolute Gasteiger partial charge is 0.305 e. The molecule has 0 aromatic rings. The van der Waals surface area contributed by atoms with Crippen molar-refractivity contribution in [1.29, 1.82) is 0 Å². The van der Waals surface area contributed by atoms with Gasteiger partial charge in [-0.25, -0.2) is 0 Å². The predicted molar refractivity (Wildman–Crippen MR) is 130 cm³/mol. The zero-order valence-corrected chi connectivity index (χ0v) is 21.3. The fourth-order valence-electron chi connectivity index (χ4n) is 3.35. The number of unbranched alkanes of at least 4 members (excludes halogenated alkanes) is 11. The number of carboxylic acid groups (broad SMARTS) is 1. The lowest BCUT2D eigenvalue weighted by molar-refractivity contribution is -0.176. The average molecular weight is 475 g/mol. The molecule has 0 amide bonds. The van der Waals surface area contributed by atoms with Crippen LogP contribution in [0.25, 0.3) is 0 Å². The molecule has 0 aliphatic carbocycles. The highest BCUT2D eigenvalue weighted by Gasteiger charge is 2.10. The molecule has 196 valence electrons. The molecule has 7 heteroatoms. The van der Waals surface area contributed by atoms with E-state index in [0.29, 0.717) is 32.8 Å². The molecular formula is C26H50O7. The first-order valence-electron chi connectivity index (χ1n) is 13.3. The number of carbonyl (C=O) groups is 2. The van der Waals surface area contributed by atoms with E-state index in [4.69, 9.17) is 24.1 Å². The van der Waals surface area contributed by atoms with E-state index in [1.165, 1.54) is 38.5 Å². The summed E-state index contributed by atoms with van der Waals surface area (Å²) in [4.78, 5) is 22.3. The molecule has 0 bridgehead atoms. The van der Waals surface area contributed by atoms with Crippen molar-refractivity contribution in [2.45, 2.75) is 123 Å². The lowest BCUT2D eigenvalue weighted by Gasteiger charge is -2.19. The lowest BCUT2D eigenvalue weighted by Crippen LogP contribution is -2.26. The van der Waals surface area contributed by atoms with Crippen LogP contribution in [0.4, 0.5) is 0 Å². The Hall–Kier alpha value is -1.18. The minimum atomic E-state index is -0.734. The van der Waals surface area contributed by atoms with E-state index in [0.717, 1.165) is 51.4 Å². The molecule has 0 heterocycles. The third-order valence-electron chi connectivity index (χ3n) is 5.37. The van der Waals surface area contributed by atoms with Crippen molar-refractivity contribution >= 4 is 11.9 Å². The van der Waals surface area contributed by atoms with Crippen LogP contribution in [0, 0.1) is 0 Å². The van der Waals surface area contributed by atoms with Crippen LogP contribution in [-0.2, 0) is 28.5 Å². The maximum atomic E-state index is 11.8. The second kappa shape index (κ2) is 25.4. The Morgan fingerprint density at radius 1 is 0.636 bits per heavy atom. The second-order valence-corrected chi connectivity index (χ2v) is 8.60. The first kappa shape index (κ1) is 31.8. The Morgan fingerprint density at radius 2 is 1.15 bits per heavy atom. The number of carbonyl (C=O) groups excluding carboxylic acids is 1. The largest absolute Gasteiger partial charge is 0.481 e. The molecule has 0 rings (SSSR count). The zero-order chi connectivity index (χ0) is 24.4. The summed E-state index contributed by atoms with van der Waals surface area (Å²) in [5.74, 6) is -0.928. The molecule has 1 N–H and O–H groups in total. The molecule has 0 fully saturated rings. The van der Waals surface area contributed by atoms with Gasteiger partial charge in [-0.05, 0) is 25.7 Å². The van der Waals surface area contributed by atoms with Crippen molar-refractivity contribution in [3.05, 3.63) is 0 Å². The maximum Gasteiger partial charge on any atom is 0.305 e. The second-order valence-electron chi connectivity index (χ2n) is 8.60. The Labute approximate surface area is 201 Å². The standard InChI is InChI=1S/C26H50O7/c1-3-5-7-15-19-32-26(33-20-16-8-6-4-2)23-30-21-22-31-25(29)18-14-12-10-9-11-13-17-24(27)28/h26H,3-23H2,1-2H3,(H,27,28). The van der Waals surface area contributed by atoms with Crippen molar-refractivity contribution in [3.63, 3.8) is 0 Å². The van der Waals surface area contributed by atoms with Gasteiger partial charge in [0.05, 0.1) is 13.2 Å². The van der Waals surface area contributed by atoms with Crippen LogP contribution in [-0.4, -0.2) is 56.4 Å². The van der Waals surface area contributed by atoms with Gasteiger partial charge in [-0.3, -0.25) is 9.59 Å². The van der Waals surface area contributed by atoms with Crippen LogP contribution >= 0.6 is 0 Å². The van der Waals surface area contributed by atoms with E-state index < -0.39 is 5.97 Å². The first-order chi connectivity index (χ1) is 16.1. The topological polar surface area (TPSA) is 91.3 Å². The third-order valence-corrected chi connectivity index (χ3v) is 5.37. The number of esters is 1. The van der Waals surface area contributed by atoms with Crippen molar-refractivity contribution < 1.29 is 33.6 Å². The monoisotopic (exact) mass is 474 g/mol. The molecule has 0 radical (unpaired) electrons. The summed E-state index contributed by atoms with van der Waals surface area (Å²) in [6.07, 6.45) is 15.0. The number of aliphatic carboxylic acids is 1. The Balaban J connectivity index is 3.76. The molecule has 0 atom stereocenters. The van der Waals surface area contributed by atoms with Crippen LogP contribution in [0.15, 0.2) is 0 Å². The molecular weight excluding hydrogens is 424 g/mol. The Kier molecular flexibility index (Phi) is 24.5. The quantitative estimate of drug-likeness (QED) is 0.0897. The van der Waals surface area contributed by atoms with Crippen LogP contribution in [0.3, 0.4) is 0 Å². The van der Waals surface area contributed by atoms with Gasteiger partial charge in [-0.1, -0.05) is 78.1 Å². The summed E-state index contributed by atoms with van der Waals surface area (Å²) >= 11 is 0. The third kappa shape index (κ3) is 25.3. The highest BCUT2D eigenvalue weighted by molar-refractivity contribution is 5.69. The SMILES string of the molecule is CCCCCCOC(COCCOC(=O)CCCCCCCCC(=O)O)OCCCCCC. The molecule has 0 saturated carbocycles. The van der Waals surface area contributed by atoms with Gasteiger partial charge in [0.15, 0.2) is 6.29 Å². The zero-order valence-electron chi connectivity index (χ0n) is 21.3. The number of hydrogen-bond acceptors (Lipinski definition) is 6. The number of rotatable bonds is 26. The maximum absolute atomic E-state index is 11.8. The molecule has 0 aliphatic heterocycles. The van der Waals surface area contributed by atoms with E-state index in [-0.39, 0.29) is 25.3 Å². The first-order valence-corrected chi connectivity index (χ1v) is 13.3. The fourth-order valence-corrected chi connectivity index (χ4v) is 3.35. The van der Waals surface area contributed by atoms with Gasteiger partial charge in [0.1, 0.15) is 6.61 Å². The molecule has 0 aromatic carbocycles. The molecule has 7 nitrogen and oxygen atoms in total. The van der Waals surface area contributed by atoms with E-state index >= 15 is 0 Å². The summed E-state index contributed by atoms with van der Waals surface area (Å²) in [6.45, 7) is 6.67. The van der Waals surface area contributed by atoms with E-state index in [2.05, 4.69) is 13.8 Å². The fraction of sp³-hybridized carbons (Fsp3) is 0.923. The Morgan fingerprint density at radius 3 is 1.70 bits per heavy atom. The van der Waals surface area contributed by atoms with Gasteiger partial charge >= 0.3 is 11.9 Å². The minimum absolute atomic E-state index is 0.194. The van der Waals surface area contributed by atoms with Crippen LogP contribution in [0.1, 0.15) is 117 Å². The van der Waals surface area contributed by atoms with Gasteiger partial charge in [-0.2, -0.15) is 0 Å². The summed E-state index contributed by atoms with van der Waals surface area (Å²) in [5.41, 5.74) is 0. The summed E-state index contributed by atoms with van der Waals surface area (Å²) < 4.78 is 22.6. The van der Waals surface area contributed by atoms with Crippen LogP contribution in [0.2, 0.25) is 0 Å². The van der Waals surface area contributed by atoms with Gasteiger partial charge in [0.2, 0.25) is 0 Å². The van der Waals surface area contributed by atoms with E-state index in [1.54, 1.807) is 0 Å². The van der Waals surface area contributed by atoms with Crippen LogP contribution < -0.4 is 0 Å². The minimum Gasteiger partial charge on any atom is -0.481 e. The van der Waals surface area contributed by atoms with Crippen molar-refractivity contribution in [2.24, 2.45) is 0 Å². The summed E-state index contributed by atoms with van der Waals surface area (Å²) in [7, 11) is 0. The molecule has 0 spiro atoms. The highest BCUT2D eigenvalue weighted by Crippen LogP contribution is 2.09. The molecule has 0 saturated heterocycles. The molecule has 0 unspecified atom stereocenters. The van der Waals surface area contributed by atoms with E-state index in [9.17, 15) is 9.59 Å². The van der Waals surface area contributed by atoms with E-state index in [1.807, 2.05) is 0 Å². The number of carboxylic acids is 1. The predicted octanol–water partition coefficient (Wildman–Crippen LogP) is 6.27. The molecule has 33 heavy (non-hydrogen) atoms. The van der Waals surface area contributed by atoms with Crippen molar-refractivity contribution in [1.82, 2.24) is 0 Å². The van der Waals surface area contributed by atoms with Gasteiger partial charge in [0.25, 0.3) is 0 Å². The van der Waals surface area contributed by atoms with Gasteiger partial charge in [0, 0.05) is 26.1 Å². The van der Waals surface area contributed by atoms with Gasteiger partial charge < -0.3 is 24.1 Å². The molecule has 0 aromatic heterocycles.